The molecule has 1 aromatic heterocycles. The second kappa shape index (κ2) is 5.77. The molecular weight excluding hydrogens is 228 g/mol. The molecule has 2 amide bonds. The van der Waals surface area contributed by atoms with Crippen molar-refractivity contribution >= 4 is 12.0 Å². The maximum absolute atomic E-state index is 11.5. The smallest absolute Gasteiger partial charge is 0.326 e. The fraction of sp³-hybridized carbons (Fsp3) is 0.625. The Morgan fingerprint density at radius 3 is 2.65 bits per heavy atom. The fourth-order valence-electron chi connectivity index (χ4n) is 1.15. The SMILES string of the molecule is CC[C@H](NC(=O)NC(C)c1nn[nH]n1)C(=O)O. The van der Waals surface area contributed by atoms with Gasteiger partial charge in [0.15, 0.2) is 5.82 Å². The van der Waals surface area contributed by atoms with Crippen molar-refractivity contribution in [1.82, 2.24) is 31.3 Å². The van der Waals surface area contributed by atoms with Gasteiger partial charge in [0.25, 0.3) is 0 Å². The first-order chi connectivity index (χ1) is 8.04. The molecule has 0 saturated carbocycles. The minimum absolute atomic E-state index is 0.305. The Morgan fingerprint density at radius 1 is 1.47 bits per heavy atom. The van der Waals surface area contributed by atoms with E-state index in [-0.39, 0.29) is 0 Å². The van der Waals surface area contributed by atoms with Gasteiger partial charge in [0.2, 0.25) is 0 Å². The van der Waals surface area contributed by atoms with Crippen molar-refractivity contribution in [2.45, 2.75) is 32.4 Å². The maximum atomic E-state index is 11.5. The van der Waals surface area contributed by atoms with Crippen molar-refractivity contribution < 1.29 is 14.7 Å². The number of carbonyl (C=O) groups excluding carboxylic acids is 1. The number of carboxylic acid groups (broad SMARTS) is 1. The van der Waals surface area contributed by atoms with E-state index in [1.165, 1.54) is 0 Å². The molecule has 0 saturated heterocycles. The summed E-state index contributed by atoms with van der Waals surface area (Å²) < 4.78 is 0. The number of nitrogens with zero attached hydrogens (tertiary/aromatic N) is 3. The van der Waals surface area contributed by atoms with Crippen LogP contribution in [0.25, 0.3) is 0 Å². The average molecular weight is 242 g/mol. The van der Waals surface area contributed by atoms with Gasteiger partial charge in [0.05, 0.1) is 6.04 Å². The summed E-state index contributed by atoms with van der Waals surface area (Å²) in [6.45, 7) is 3.33. The third kappa shape index (κ3) is 3.70. The number of rotatable bonds is 5. The molecule has 1 rings (SSSR count). The van der Waals surface area contributed by atoms with Crippen molar-refractivity contribution in [3.63, 3.8) is 0 Å². The van der Waals surface area contributed by atoms with Crippen molar-refractivity contribution in [2.75, 3.05) is 0 Å². The van der Waals surface area contributed by atoms with Gasteiger partial charge < -0.3 is 15.7 Å². The molecule has 4 N–H and O–H groups in total. The molecule has 1 unspecified atom stereocenters. The molecule has 0 fully saturated rings. The van der Waals surface area contributed by atoms with E-state index in [2.05, 4.69) is 31.3 Å². The number of aliphatic carboxylic acids is 1. The van der Waals surface area contributed by atoms with Crippen LogP contribution < -0.4 is 10.6 Å². The summed E-state index contributed by atoms with van der Waals surface area (Å²) in [5, 5.41) is 26.6. The van der Waals surface area contributed by atoms with Crippen molar-refractivity contribution in [2.24, 2.45) is 0 Å². The monoisotopic (exact) mass is 242 g/mol. The van der Waals surface area contributed by atoms with E-state index in [0.29, 0.717) is 12.2 Å². The first kappa shape index (κ1) is 12.9. The summed E-state index contributed by atoms with van der Waals surface area (Å²) in [5.74, 6) is -0.751. The second-order valence-corrected chi connectivity index (χ2v) is 3.41. The van der Waals surface area contributed by atoms with E-state index in [1.54, 1.807) is 13.8 Å². The zero-order valence-corrected chi connectivity index (χ0v) is 9.47. The molecule has 1 aromatic rings. The largest absolute Gasteiger partial charge is 0.480 e. The molecular formula is C8H14N6O3. The zero-order valence-electron chi connectivity index (χ0n) is 9.47. The van der Waals surface area contributed by atoms with E-state index in [1.807, 2.05) is 0 Å². The highest BCUT2D eigenvalue weighted by atomic mass is 16.4. The molecule has 1 heterocycles. The Hall–Kier alpha value is -2.19. The maximum Gasteiger partial charge on any atom is 0.326 e. The Morgan fingerprint density at radius 2 is 2.18 bits per heavy atom. The van der Waals surface area contributed by atoms with Gasteiger partial charge in [-0.25, -0.2) is 9.59 Å². The molecule has 94 valence electrons. The number of carboxylic acids is 1. The number of tetrazole rings is 1. The summed E-state index contributed by atoms with van der Waals surface area (Å²) in [6, 6.07) is -1.95. The highest BCUT2D eigenvalue weighted by Gasteiger charge is 2.19. The van der Waals surface area contributed by atoms with E-state index < -0.39 is 24.1 Å². The third-order valence-corrected chi connectivity index (χ3v) is 2.11. The molecule has 0 aromatic carbocycles. The van der Waals surface area contributed by atoms with Crippen molar-refractivity contribution in [1.29, 1.82) is 0 Å². The number of aromatic amines is 1. The van der Waals surface area contributed by atoms with Gasteiger partial charge in [0.1, 0.15) is 6.04 Å². The van der Waals surface area contributed by atoms with Crippen LogP contribution in [-0.2, 0) is 4.79 Å². The molecule has 0 spiro atoms. The molecule has 0 aliphatic heterocycles. The number of nitrogens with one attached hydrogen (secondary N) is 3. The first-order valence-corrected chi connectivity index (χ1v) is 5.07. The van der Waals surface area contributed by atoms with Gasteiger partial charge in [-0.15, -0.1) is 10.2 Å². The van der Waals surface area contributed by atoms with Crippen LogP contribution in [0.2, 0.25) is 0 Å². The number of amides is 2. The Kier molecular flexibility index (Phi) is 4.37. The van der Waals surface area contributed by atoms with Crippen molar-refractivity contribution in [3.8, 4) is 0 Å². The number of hydrogen-bond donors (Lipinski definition) is 4. The molecule has 0 aliphatic carbocycles. The predicted octanol–water partition coefficient (Wildman–Crippen LogP) is -0.577. The van der Waals surface area contributed by atoms with Crippen LogP contribution in [0.15, 0.2) is 0 Å². The lowest BCUT2D eigenvalue weighted by molar-refractivity contribution is -0.139. The lowest BCUT2D eigenvalue weighted by Gasteiger charge is -2.15. The first-order valence-electron chi connectivity index (χ1n) is 5.07. The van der Waals surface area contributed by atoms with Crippen LogP contribution in [0.3, 0.4) is 0 Å². The number of H-pyrrole nitrogens is 1. The molecule has 0 radical (unpaired) electrons. The molecule has 9 nitrogen and oxygen atoms in total. The lowest BCUT2D eigenvalue weighted by Crippen LogP contribution is -2.46. The van der Waals surface area contributed by atoms with Crippen LogP contribution in [0.4, 0.5) is 4.79 Å². The lowest BCUT2D eigenvalue weighted by atomic mass is 10.2. The van der Waals surface area contributed by atoms with E-state index in [9.17, 15) is 9.59 Å². The standard InChI is InChI=1S/C8H14N6O3/c1-3-5(7(15)16)10-8(17)9-4(2)6-11-13-14-12-6/h4-5H,3H2,1-2H3,(H,15,16)(H2,9,10,17)(H,11,12,13,14)/t4?,5-/m0/s1. The molecule has 2 atom stereocenters. The van der Waals surface area contributed by atoms with E-state index >= 15 is 0 Å². The molecule has 9 heteroatoms. The summed E-state index contributed by atoms with van der Waals surface area (Å²) in [4.78, 5) is 22.1. The van der Waals surface area contributed by atoms with Crippen LogP contribution in [0.1, 0.15) is 32.1 Å². The van der Waals surface area contributed by atoms with Gasteiger partial charge in [0, 0.05) is 0 Å². The summed E-state index contributed by atoms with van der Waals surface area (Å²) in [6.07, 6.45) is 0.305. The van der Waals surface area contributed by atoms with Gasteiger partial charge in [-0.1, -0.05) is 12.1 Å². The van der Waals surface area contributed by atoms with Gasteiger partial charge in [-0.3, -0.25) is 0 Å². The summed E-state index contributed by atoms with van der Waals surface area (Å²) >= 11 is 0. The summed E-state index contributed by atoms with van der Waals surface area (Å²) in [7, 11) is 0. The normalized spacial score (nSPS) is 13.8. The van der Waals surface area contributed by atoms with Gasteiger partial charge >= 0.3 is 12.0 Å². The highest BCUT2D eigenvalue weighted by molar-refractivity contribution is 5.82. The molecule has 0 aliphatic rings. The average Bonchev–Trinajstić information content (AvgIpc) is 2.78. The predicted molar refractivity (Wildman–Crippen MR) is 56.0 cm³/mol. The van der Waals surface area contributed by atoms with Crippen LogP contribution >= 0.6 is 0 Å². The minimum Gasteiger partial charge on any atom is -0.480 e. The molecule has 17 heavy (non-hydrogen) atoms. The second-order valence-electron chi connectivity index (χ2n) is 3.41. The van der Waals surface area contributed by atoms with Gasteiger partial charge in [-0.2, -0.15) is 5.21 Å². The van der Waals surface area contributed by atoms with Crippen LogP contribution in [-0.4, -0.2) is 43.8 Å². The zero-order chi connectivity index (χ0) is 12.8. The fourth-order valence-corrected chi connectivity index (χ4v) is 1.15. The van der Waals surface area contributed by atoms with Crippen LogP contribution in [0.5, 0.6) is 0 Å². The van der Waals surface area contributed by atoms with Gasteiger partial charge in [-0.05, 0) is 13.3 Å². The number of carbonyl (C=O) groups is 2. The number of aromatic nitrogens is 4. The minimum atomic E-state index is -1.07. The third-order valence-electron chi connectivity index (χ3n) is 2.11. The van der Waals surface area contributed by atoms with E-state index in [4.69, 9.17) is 5.11 Å². The highest BCUT2D eigenvalue weighted by Crippen LogP contribution is 2.02. The molecule has 0 bridgehead atoms. The Bertz CT molecular complexity index is 379. The van der Waals surface area contributed by atoms with Crippen molar-refractivity contribution in [3.05, 3.63) is 5.82 Å². The quantitative estimate of drug-likeness (QED) is 0.546. The topological polar surface area (TPSA) is 133 Å². The van der Waals surface area contributed by atoms with E-state index in [0.717, 1.165) is 0 Å². The Balaban J connectivity index is 2.47. The number of hydrogen-bond acceptors (Lipinski definition) is 5. The Labute approximate surface area is 97.0 Å². The summed E-state index contributed by atoms with van der Waals surface area (Å²) in [5.41, 5.74) is 0. The van der Waals surface area contributed by atoms with Crippen LogP contribution in [0, 0.1) is 0 Å². The number of urea groups is 1.